The minimum absolute atomic E-state index is 0.0653. The number of nitrogens with zero attached hydrogens (tertiary/aromatic N) is 1. The van der Waals surface area contributed by atoms with Crippen molar-refractivity contribution in [3.63, 3.8) is 0 Å². The first kappa shape index (κ1) is 32.8. The van der Waals surface area contributed by atoms with Gasteiger partial charge >= 0.3 is 0 Å². The molecule has 5 unspecified atom stereocenters. The van der Waals surface area contributed by atoms with Crippen molar-refractivity contribution in [2.24, 2.45) is 11.8 Å². The summed E-state index contributed by atoms with van der Waals surface area (Å²) in [5, 5.41) is 19.9. The zero-order valence-electron chi connectivity index (χ0n) is 25.2. The molecule has 0 saturated heterocycles. The highest BCUT2D eigenvalue weighted by Gasteiger charge is 2.36. The van der Waals surface area contributed by atoms with Crippen LogP contribution in [0.2, 0.25) is 5.02 Å². The van der Waals surface area contributed by atoms with E-state index >= 15 is 0 Å². The highest BCUT2D eigenvalue weighted by atomic mass is 35.5. The number of benzene rings is 2. The van der Waals surface area contributed by atoms with Gasteiger partial charge in [-0.3, -0.25) is 9.52 Å². The predicted octanol–water partition coefficient (Wildman–Crippen LogP) is 6.36. The number of anilines is 1. The van der Waals surface area contributed by atoms with E-state index in [2.05, 4.69) is 35.6 Å². The fraction of sp³-hybridized carbons (Fsp3) is 0.606. The third kappa shape index (κ3) is 8.28. The molecule has 232 valence electrons. The van der Waals surface area contributed by atoms with Crippen LogP contribution in [0.4, 0.5) is 5.69 Å². The molecule has 9 heteroatoms. The van der Waals surface area contributed by atoms with Crippen LogP contribution in [0.1, 0.15) is 99.5 Å². The smallest absolute Gasteiger partial charge is 0.263 e. The minimum atomic E-state index is -1.46. The van der Waals surface area contributed by atoms with Crippen molar-refractivity contribution in [3.8, 4) is 5.75 Å². The van der Waals surface area contributed by atoms with Gasteiger partial charge in [0.05, 0.1) is 17.5 Å². The predicted molar refractivity (Wildman–Crippen MR) is 171 cm³/mol. The van der Waals surface area contributed by atoms with Gasteiger partial charge in [0.2, 0.25) is 0 Å². The van der Waals surface area contributed by atoms with Crippen molar-refractivity contribution in [2.45, 2.75) is 96.0 Å². The molecule has 1 aliphatic heterocycles. The molecule has 0 bridgehead atoms. The van der Waals surface area contributed by atoms with Crippen LogP contribution in [-0.4, -0.2) is 51.6 Å². The van der Waals surface area contributed by atoms with Gasteiger partial charge in [0.25, 0.3) is 5.91 Å². The molecule has 2 aliphatic rings. The van der Waals surface area contributed by atoms with Crippen molar-refractivity contribution >= 4 is 34.2 Å². The molecule has 1 saturated carbocycles. The van der Waals surface area contributed by atoms with Gasteiger partial charge in [0, 0.05) is 36.0 Å². The third-order valence-corrected chi connectivity index (χ3v) is 10.7. The lowest BCUT2D eigenvalue weighted by atomic mass is 9.71. The summed E-state index contributed by atoms with van der Waals surface area (Å²) >= 11 is 6.37. The summed E-state index contributed by atoms with van der Waals surface area (Å²) in [5.41, 5.74) is 3.75. The average Bonchev–Trinajstić information content (AvgIpc) is 3.13. The van der Waals surface area contributed by atoms with Crippen LogP contribution in [-0.2, 0) is 17.4 Å². The number of fused-ring (bicyclic) bond motifs is 1. The number of carbonyl (C=O) groups is 1. The van der Waals surface area contributed by atoms with E-state index in [1.807, 2.05) is 25.1 Å². The lowest BCUT2D eigenvalue weighted by Crippen LogP contribution is -2.41. The van der Waals surface area contributed by atoms with Gasteiger partial charge in [0.1, 0.15) is 16.7 Å². The summed E-state index contributed by atoms with van der Waals surface area (Å²) in [4.78, 5) is 15.6. The first-order valence-corrected chi connectivity index (χ1v) is 17.2. The second-order valence-corrected chi connectivity index (χ2v) is 13.8. The number of aliphatic hydroxyl groups is 2. The van der Waals surface area contributed by atoms with E-state index in [0.717, 1.165) is 68.6 Å². The van der Waals surface area contributed by atoms with Crippen molar-refractivity contribution in [1.29, 1.82) is 0 Å². The Hall–Kier alpha value is -2.13. The maximum Gasteiger partial charge on any atom is 0.263 e. The molecule has 0 radical (unpaired) electrons. The van der Waals surface area contributed by atoms with E-state index in [0.29, 0.717) is 36.8 Å². The van der Waals surface area contributed by atoms with Gasteiger partial charge in [0.15, 0.2) is 6.29 Å². The fourth-order valence-corrected chi connectivity index (χ4v) is 7.67. The van der Waals surface area contributed by atoms with Crippen LogP contribution in [0.15, 0.2) is 36.4 Å². The largest absolute Gasteiger partial charge is 0.491 e. The number of nitrogens with one attached hydrogen (secondary N) is 1. The van der Waals surface area contributed by atoms with E-state index in [1.165, 1.54) is 11.1 Å². The Balaban J connectivity index is 1.62. The van der Waals surface area contributed by atoms with E-state index in [4.69, 9.17) is 16.3 Å². The number of aryl methyl sites for hydroxylation is 1. The Labute approximate surface area is 258 Å². The number of carbonyl (C=O) groups excluding carboxylic acids is 1. The SMILES string of the molecule is CCCCC(CC)S(=O)NC(=O)c1ccc2c(c1)N(CC1CCC1CC(O)O)CC(c1ccc(Cl)cc1CCC)CO2. The van der Waals surface area contributed by atoms with E-state index < -0.39 is 17.3 Å². The first-order chi connectivity index (χ1) is 20.2. The number of aliphatic hydroxyl groups excluding tert-OH is 1. The Morgan fingerprint density at radius 1 is 1.12 bits per heavy atom. The number of amides is 1. The van der Waals surface area contributed by atoms with Crippen molar-refractivity contribution in [3.05, 3.63) is 58.1 Å². The zero-order chi connectivity index (χ0) is 30.2. The molecule has 0 spiro atoms. The molecule has 2 aromatic rings. The zero-order valence-corrected chi connectivity index (χ0v) is 26.8. The molecule has 4 rings (SSSR count). The van der Waals surface area contributed by atoms with Gasteiger partial charge in [-0.1, -0.05) is 57.7 Å². The normalized spacial score (nSPS) is 21.6. The lowest BCUT2D eigenvalue weighted by Gasteiger charge is -2.41. The molecular weight excluding hydrogens is 572 g/mol. The van der Waals surface area contributed by atoms with Crippen LogP contribution in [0.25, 0.3) is 0 Å². The van der Waals surface area contributed by atoms with Crippen LogP contribution in [0.5, 0.6) is 5.75 Å². The molecule has 1 aliphatic carbocycles. The molecule has 2 aromatic carbocycles. The Morgan fingerprint density at radius 3 is 2.57 bits per heavy atom. The summed E-state index contributed by atoms with van der Waals surface area (Å²) in [6, 6.07) is 11.6. The van der Waals surface area contributed by atoms with E-state index in [-0.39, 0.29) is 23.0 Å². The summed E-state index contributed by atoms with van der Waals surface area (Å²) in [6.07, 6.45) is 6.57. The number of hydrogen-bond acceptors (Lipinski definition) is 6. The van der Waals surface area contributed by atoms with Crippen LogP contribution in [0.3, 0.4) is 0 Å². The first-order valence-electron chi connectivity index (χ1n) is 15.6. The van der Waals surface area contributed by atoms with Gasteiger partial charge < -0.3 is 19.8 Å². The summed E-state index contributed by atoms with van der Waals surface area (Å²) in [7, 11) is -1.46. The van der Waals surface area contributed by atoms with Crippen LogP contribution >= 0.6 is 11.6 Å². The highest BCUT2D eigenvalue weighted by molar-refractivity contribution is 7.84. The summed E-state index contributed by atoms with van der Waals surface area (Å²) in [6.45, 7) is 8.20. The molecule has 42 heavy (non-hydrogen) atoms. The van der Waals surface area contributed by atoms with Crippen LogP contribution < -0.4 is 14.4 Å². The third-order valence-electron chi connectivity index (χ3n) is 8.88. The molecule has 0 aromatic heterocycles. The standard InChI is InChI=1S/C33H47ClN2O5S/c1-4-7-9-28(6-3)42(40)35-33(39)24-12-15-31-30(17-24)36(19-25-11-10-22(25)18-32(37)38)20-26(21-41-31)29-14-13-27(34)16-23(29)8-5-2/h12-17,22,25-26,28,32,37-38H,4-11,18-21H2,1-3H3,(H,35,39). The van der Waals surface area contributed by atoms with E-state index in [1.54, 1.807) is 6.07 Å². The maximum atomic E-state index is 13.3. The van der Waals surface area contributed by atoms with Gasteiger partial charge in [-0.2, -0.15) is 0 Å². The topological polar surface area (TPSA) is 99.1 Å². The van der Waals surface area contributed by atoms with Gasteiger partial charge in [-0.25, -0.2) is 4.21 Å². The molecule has 1 heterocycles. The Bertz CT molecular complexity index is 1220. The Morgan fingerprint density at radius 2 is 1.90 bits per heavy atom. The minimum Gasteiger partial charge on any atom is -0.491 e. The number of halogens is 1. The van der Waals surface area contributed by atoms with E-state index in [9.17, 15) is 19.2 Å². The number of hydrogen-bond donors (Lipinski definition) is 3. The molecule has 7 nitrogen and oxygen atoms in total. The quantitative estimate of drug-likeness (QED) is 0.213. The molecule has 3 N–H and O–H groups in total. The second kappa shape index (κ2) is 15.6. The fourth-order valence-electron chi connectivity index (χ4n) is 6.33. The number of ether oxygens (including phenoxy) is 1. The van der Waals surface area contributed by atoms with Gasteiger partial charge in [-0.05, 0) is 85.4 Å². The molecule has 1 amide bonds. The maximum absolute atomic E-state index is 13.3. The van der Waals surface area contributed by atoms with Crippen molar-refractivity contribution in [2.75, 3.05) is 24.6 Å². The highest BCUT2D eigenvalue weighted by Crippen LogP contribution is 2.42. The molecule has 1 fully saturated rings. The summed E-state index contributed by atoms with van der Waals surface area (Å²) in [5.74, 6) is 1.01. The number of unbranched alkanes of at least 4 members (excludes halogenated alkanes) is 1. The summed E-state index contributed by atoms with van der Waals surface area (Å²) < 4.78 is 22.1. The lowest BCUT2D eigenvalue weighted by molar-refractivity contribution is -0.0719. The second-order valence-electron chi connectivity index (χ2n) is 11.9. The molecule has 5 atom stereocenters. The Kier molecular flexibility index (Phi) is 12.1. The monoisotopic (exact) mass is 618 g/mol. The average molecular weight is 619 g/mol. The van der Waals surface area contributed by atoms with Crippen molar-refractivity contribution in [1.82, 2.24) is 4.72 Å². The van der Waals surface area contributed by atoms with Crippen LogP contribution in [0, 0.1) is 11.8 Å². The number of rotatable bonds is 14. The molecular formula is C33H47ClN2O5S. The van der Waals surface area contributed by atoms with Crippen molar-refractivity contribution < 1.29 is 24.0 Å². The van der Waals surface area contributed by atoms with Gasteiger partial charge in [-0.15, -0.1) is 0 Å².